The van der Waals surface area contributed by atoms with E-state index >= 15 is 0 Å². The molecule has 0 fully saturated rings. The van der Waals surface area contributed by atoms with E-state index in [0.717, 1.165) is 11.4 Å². The number of nitrogens with zero attached hydrogens (tertiary/aromatic N) is 2. The van der Waals surface area contributed by atoms with Crippen LogP contribution in [0, 0.1) is 6.92 Å². The fraction of sp³-hybridized carbons (Fsp3) is 0.556. The fourth-order valence-electron chi connectivity index (χ4n) is 1.26. The van der Waals surface area contributed by atoms with Gasteiger partial charge in [-0.15, -0.1) is 0 Å². The van der Waals surface area contributed by atoms with E-state index in [1.807, 2.05) is 25.3 Å². The van der Waals surface area contributed by atoms with Crippen LogP contribution in [-0.4, -0.2) is 15.5 Å². The molecule has 0 spiro atoms. The van der Waals surface area contributed by atoms with Crippen molar-refractivity contribution in [3.63, 3.8) is 0 Å². The molecule has 13 heavy (non-hydrogen) atoms. The second kappa shape index (κ2) is 4.07. The summed E-state index contributed by atoms with van der Waals surface area (Å²) in [5.74, 6) is 0.0844. The predicted octanol–water partition coefficient (Wildman–Crippen LogP) is 0.848. The molecule has 2 heterocycles. The van der Waals surface area contributed by atoms with Crippen LogP contribution in [0.3, 0.4) is 0 Å². The highest BCUT2D eigenvalue weighted by Crippen LogP contribution is 2.09. The van der Waals surface area contributed by atoms with Crippen molar-refractivity contribution in [2.75, 3.05) is 0 Å². The summed E-state index contributed by atoms with van der Waals surface area (Å²) in [5, 5.41) is 2.74. The first-order chi connectivity index (χ1) is 6.27. The number of rotatable bonds is 0. The molecule has 1 N–H and O–H groups in total. The lowest BCUT2D eigenvalue weighted by Gasteiger charge is -2.15. The van der Waals surface area contributed by atoms with Crippen LogP contribution in [0.5, 0.6) is 0 Å². The summed E-state index contributed by atoms with van der Waals surface area (Å²) >= 11 is 0. The summed E-state index contributed by atoms with van der Waals surface area (Å²) in [6, 6.07) is 0. The third-order valence-corrected chi connectivity index (χ3v) is 1.93. The Morgan fingerprint density at radius 3 is 2.92 bits per heavy atom. The smallest absolute Gasteiger partial charge is 0.227 e. The van der Waals surface area contributed by atoms with Crippen LogP contribution in [0.2, 0.25) is 0 Å². The van der Waals surface area contributed by atoms with Gasteiger partial charge in [0.05, 0.1) is 30.8 Å². The van der Waals surface area contributed by atoms with Crippen LogP contribution in [0.4, 0.5) is 0 Å². The molecule has 0 unspecified atom stereocenters. The SMILES string of the molecule is CC.Cc1ncn2c1CC(=O)NC2. The van der Waals surface area contributed by atoms with Crippen LogP contribution in [-0.2, 0) is 17.9 Å². The molecular weight excluding hydrogens is 166 g/mol. The second-order valence-corrected chi connectivity index (χ2v) is 2.68. The van der Waals surface area contributed by atoms with Gasteiger partial charge < -0.3 is 9.88 Å². The van der Waals surface area contributed by atoms with Crippen LogP contribution < -0.4 is 5.32 Å². The Morgan fingerprint density at radius 2 is 2.23 bits per heavy atom. The molecule has 0 saturated heterocycles. The number of hydrogen-bond acceptors (Lipinski definition) is 2. The first-order valence-corrected chi connectivity index (χ1v) is 4.54. The zero-order chi connectivity index (χ0) is 9.84. The zero-order valence-corrected chi connectivity index (χ0v) is 8.29. The fourth-order valence-corrected chi connectivity index (χ4v) is 1.26. The monoisotopic (exact) mass is 181 g/mol. The molecular formula is C9H15N3O. The normalized spacial score (nSPS) is 13.9. The quantitative estimate of drug-likeness (QED) is 0.645. The minimum atomic E-state index is 0.0844. The number of aromatic nitrogens is 2. The number of hydrogen-bond donors (Lipinski definition) is 1. The largest absolute Gasteiger partial charge is 0.338 e. The van der Waals surface area contributed by atoms with Gasteiger partial charge in [-0.05, 0) is 6.92 Å². The standard InChI is InChI=1S/C7H9N3O.C2H6/c1-5-6-2-7(11)9-4-10(6)3-8-5;1-2/h3H,2,4H2,1H3,(H,9,11);1-2H3. The molecule has 0 radical (unpaired) electrons. The lowest BCUT2D eigenvalue weighted by Crippen LogP contribution is -2.34. The van der Waals surface area contributed by atoms with Gasteiger partial charge in [-0.25, -0.2) is 4.98 Å². The van der Waals surface area contributed by atoms with Crippen LogP contribution >= 0.6 is 0 Å². The molecule has 0 saturated carbocycles. The van der Waals surface area contributed by atoms with Crippen molar-refractivity contribution in [1.82, 2.24) is 14.9 Å². The number of amides is 1. The molecule has 0 aliphatic carbocycles. The van der Waals surface area contributed by atoms with Crippen molar-refractivity contribution >= 4 is 5.91 Å². The predicted molar refractivity (Wildman–Crippen MR) is 50.2 cm³/mol. The lowest BCUT2D eigenvalue weighted by atomic mass is 10.2. The lowest BCUT2D eigenvalue weighted by molar-refractivity contribution is -0.121. The molecule has 4 nitrogen and oxygen atoms in total. The Kier molecular flexibility index (Phi) is 3.06. The van der Waals surface area contributed by atoms with Crippen LogP contribution in [0.15, 0.2) is 6.33 Å². The van der Waals surface area contributed by atoms with Crippen molar-refractivity contribution in [1.29, 1.82) is 0 Å². The molecule has 1 amide bonds. The number of aryl methyl sites for hydroxylation is 1. The Morgan fingerprint density at radius 1 is 1.54 bits per heavy atom. The summed E-state index contributed by atoms with van der Waals surface area (Å²) in [6.45, 7) is 6.49. The van der Waals surface area contributed by atoms with Crippen LogP contribution in [0.25, 0.3) is 0 Å². The summed E-state index contributed by atoms with van der Waals surface area (Å²) in [7, 11) is 0. The molecule has 0 bridgehead atoms. The third kappa shape index (κ3) is 1.88. The molecule has 1 aliphatic rings. The molecule has 1 aromatic heterocycles. The highest BCUT2D eigenvalue weighted by Gasteiger charge is 2.16. The number of imidazole rings is 1. The van der Waals surface area contributed by atoms with Gasteiger partial charge in [0.15, 0.2) is 0 Å². The summed E-state index contributed by atoms with van der Waals surface area (Å²) in [5.41, 5.74) is 1.99. The molecule has 0 atom stereocenters. The Labute approximate surface area is 78.0 Å². The first-order valence-electron chi connectivity index (χ1n) is 4.54. The topological polar surface area (TPSA) is 46.9 Å². The minimum Gasteiger partial charge on any atom is -0.338 e. The van der Waals surface area contributed by atoms with E-state index in [0.29, 0.717) is 13.1 Å². The summed E-state index contributed by atoms with van der Waals surface area (Å²) < 4.78 is 1.96. The van der Waals surface area contributed by atoms with Crippen molar-refractivity contribution < 1.29 is 4.79 Å². The number of carbonyl (C=O) groups is 1. The van der Waals surface area contributed by atoms with Gasteiger partial charge >= 0.3 is 0 Å². The van der Waals surface area contributed by atoms with Gasteiger partial charge in [-0.3, -0.25) is 4.79 Å². The molecule has 4 heteroatoms. The highest BCUT2D eigenvalue weighted by atomic mass is 16.1. The number of fused-ring (bicyclic) bond motifs is 1. The Balaban J connectivity index is 0.000000396. The van der Waals surface area contributed by atoms with Crippen molar-refractivity contribution in [3.05, 3.63) is 17.7 Å². The maximum atomic E-state index is 10.9. The van der Waals surface area contributed by atoms with E-state index in [2.05, 4.69) is 10.3 Å². The number of nitrogens with one attached hydrogen (secondary N) is 1. The van der Waals surface area contributed by atoms with Crippen molar-refractivity contribution in [2.24, 2.45) is 0 Å². The van der Waals surface area contributed by atoms with E-state index in [9.17, 15) is 4.79 Å². The third-order valence-electron chi connectivity index (χ3n) is 1.93. The highest BCUT2D eigenvalue weighted by molar-refractivity contribution is 5.79. The molecule has 0 aromatic carbocycles. The van der Waals surface area contributed by atoms with Crippen molar-refractivity contribution in [2.45, 2.75) is 33.9 Å². The van der Waals surface area contributed by atoms with Gasteiger partial charge in [-0.1, -0.05) is 13.8 Å². The molecule has 2 rings (SSSR count). The van der Waals surface area contributed by atoms with Gasteiger partial charge in [0, 0.05) is 0 Å². The molecule has 72 valence electrons. The van der Waals surface area contributed by atoms with E-state index in [1.165, 1.54) is 0 Å². The van der Waals surface area contributed by atoms with E-state index in [-0.39, 0.29) is 5.91 Å². The number of carbonyl (C=O) groups excluding carboxylic acids is 1. The van der Waals surface area contributed by atoms with E-state index in [4.69, 9.17) is 0 Å². The summed E-state index contributed by atoms with van der Waals surface area (Å²) in [6.07, 6.45) is 2.22. The van der Waals surface area contributed by atoms with Gasteiger partial charge in [0.2, 0.25) is 5.91 Å². The second-order valence-electron chi connectivity index (χ2n) is 2.68. The van der Waals surface area contributed by atoms with Crippen molar-refractivity contribution in [3.8, 4) is 0 Å². The Hall–Kier alpha value is -1.32. The molecule has 1 aliphatic heterocycles. The minimum absolute atomic E-state index is 0.0844. The van der Waals surface area contributed by atoms with E-state index in [1.54, 1.807) is 6.33 Å². The summed E-state index contributed by atoms with van der Waals surface area (Å²) in [4.78, 5) is 15.0. The van der Waals surface area contributed by atoms with Gasteiger partial charge in [-0.2, -0.15) is 0 Å². The average Bonchev–Trinajstić information content (AvgIpc) is 2.52. The van der Waals surface area contributed by atoms with Crippen LogP contribution in [0.1, 0.15) is 25.2 Å². The van der Waals surface area contributed by atoms with Gasteiger partial charge in [0.25, 0.3) is 0 Å². The van der Waals surface area contributed by atoms with E-state index < -0.39 is 0 Å². The maximum Gasteiger partial charge on any atom is 0.227 e. The molecule has 1 aromatic rings. The average molecular weight is 181 g/mol. The maximum absolute atomic E-state index is 10.9. The first kappa shape index (κ1) is 9.77. The zero-order valence-electron chi connectivity index (χ0n) is 8.29. The van der Waals surface area contributed by atoms with Gasteiger partial charge in [0.1, 0.15) is 0 Å². The Bertz CT molecular complexity index is 304.